The molecule has 0 aliphatic heterocycles. The zero-order valence-electron chi connectivity index (χ0n) is 11.5. The van der Waals surface area contributed by atoms with E-state index in [1.54, 1.807) is 0 Å². The summed E-state index contributed by atoms with van der Waals surface area (Å²) in [7, 11) is 2.18. The molecule has 3 unspecified atom stereocenters. The van der Waals surface area contributed by atoms with Crippen molar-refractivity contribution < 1.29 is 0 Å². The Kier molecular flexibility index (Phi) is 2.72. The van der Waals surface area contributed by atoms with E-state index in [0.717, 1.165) is 35.0 Å². The molecule has 104 valence electrons. The lowest BCUT2D eigenvalue weighted by atomic mass is 9.88. The van der Waals surface area contributed by atoms with Gasteiger partial charge in [0.15, 0.2) is 4.77 Å². The van der Waals surface area contributed by atoms with Crippen LogP contribution in [0.5, 0.6) is 0 Å². The van der Waals surface area contributed by atoms with Gasteiger partial charge in [-0.3, -0.25) is 4.57 Å². The van der Waals surface area contributed by atoms with Gasteiger partial charge in [-0.2, -0.15) is 0 Å². The number of anilines is 1. The topological polar surface area (TPSA) is 36.9 Å². The lowest BCUT2D eigenvalue weighted by molar-refractivity contribution is 0.336. The maximum atomic E-state index is 5.36. The van der Waals surface area contributed by atoms with Crippen molar-refractivity contribution in [3.63, 3.8) is 0 Å². The Balaban J connectivity index is 1.51. The summed E-state index contributed by atoms with van der Waals surface area (Å²) in [6, 6.07) is 0.601. The first kappa shape index (κ1) is 11.9. The Labute approximate surface area is 119 Å². The van der Waals surface area contributed by atoms with Gasteiger partial charge >= 0.3 is 0 Å². The Morgan fingerprint density at radius 2 is 2.16 bits per heavy atom. The first-order valence-corrected chi connectivity index (χ1v) is 8.01. The van der Waals surface area contributed by atoms with Crippen LogP contribution in [-0.2, 0) is 0 Å². The fourth-order valence-electron chi connectivity index (χ4n) is 4.26. The van der Waals surface area contributed by atoms with Crippen LogP contribution < -0.4 is 4.90 Å². The molecule has 1 aromatic rings. The summed E-state index contributed by atoms with van der Waals surface area (Å²) in [5.74, 6) is 3.92. The van der Waals surface area contributed by atoms with Crippen molar-refractivity contribution in [3.8, 4) is 0 Å². The Bertz CT molecular complexity index is 530. The van der Waals surface area contributed by atoms with Crippen molar-refractivity contribution in [2.24, 2.45) is 17.8 Å². The van der Waals surface area contributed by atoms with Gasteiger partial charge in [0.1, 0.15) is 0 Å². The maximum absolute atomic E-state index is 5.36. The van der Waals surface area contributed by atoms with E-state index in [0.29, 0.717) is 6.04 Å². The molecule has 4 nitrogen and oxygen atoms in total. The highest BCUT2D eigenvalue weighted by Crippen LogP contribution is 2.48. The molecule has 1 aromatic heterocycles. The van der Waals surface area contributed by atoms with Crippen molar-refractivity contribution in [2.75, 3.05) is 18.5 Å². The van der Waals surface area contributed by atoms with Crippen molar-refractivity contribution in [1.29, 1.82) is 0 Å². The standard InChI is InChI=1S/C14H22N4S/c1-17(8-11-7-9-2-3-10(11)6-9)13-15-16-14(19)18(13)12-4-5-12/h9-12H,2-8H2,1H3,(H,16,19). The zero-order chi connectivity index (χ0) is 13.0. The molecular weight excluding hydrogens is 256 g/mol. The van der Waals surface area contributed by atoms with Crippen LogP contribution in [0.25, 0.3) is 0 Å². The van der Waals surface area contributed by atoms with Crippen LogP contribution in [0.1, 0.15) is 44.6 Å². The number of rotatable bonds is 4. The predicted molar refractivity (Wildman–Crippen MR) is 77.9 cm³/mol. The van der Waals surface area contributed by atoms with E-state index in [-0.39, 0.29) is 0 Å². The normalized spacial score (nSPS) is 33.0. The highest BCUT2D eigenvalue weighted by molar-refractivity contribution is 7.71. The minimum Gasteiger partial charge on any atom is -0.344 e. The third kappa shape index (κ3) is 2.02. The van der Waals surface area contributed by atoms with Crippen molar-refractivity contribution >= 4 is 18.2 Å². The van der Waals surface area contributed by atoms with Crippen LogP contribution in [0.15, 0.2) is 0 Å². The minimum atomic E-state index is 0.601. The second-order valence-corrected chi connectivity index (χ2v) is 7.13. The van der Waals surface area contributed by atoms with E-state index >= 15 is 0 Å². The maximum Gasteiger partial charge on any atom is 0.225 e. The molecule has 3 fully saturated rings. The number of hydrogen-bond donors (Lipinski definition) is 1. The molecule has 0 amide bonds. The van der Waals surface area contributed by atoms with Crippen LogP contribution in [-0.4, -0.2) is 28.4 Å². The largest absolute Gasteiger partial charge is 0.344 e. The summed E-state index contributed by atoms with van der Waals surface area (Å²) >= 11 is 5.36. The van der Waals surface area contributed by atoms with Gasteiger partial charge in [0, 0.05) is 19.6 Å². The van der Waals surface area contributed by atoms with E-state index in [2.05, 4.69) is 26.7 Å². The van der Waals surface area contributed by atoms with Crippen molar-refractivity contribution in [1.82, 2.24) is 14.8 Å². The van der Waals surface area contributed by atoms with Gasteiger partial charge < -0.3 is 4.90 Å². The Hall–Kier alpha value is -0.840. The fourth-order valence-corrected chi connectivity index (χ4v) is 4.54. The molecule has 1 heterocycles. The molecular formula is C14H22N4S. The van der Waals surface area contributed by atoms with E-state index in [4.69, 9.17) is 12.2 Å². The number of hydrogen-bond acceptors (Lipinski definition) is 3. The number of aromatic amines is 1. The Morgan fingerprint density at radius 3 is 2.79 bits per heavy atom. The molecule has 1 N–H and O–H groups in total. The van der Waals surface area contributed by atoms with Gasteiger partial charge in [-0.25, -0.2) is 5.10 Å². The summed E-state index contributed by atoms with van der Waals surface area (Å²) in [4.78, 5) is 2.33. The number of nitrogens with one attached hydrogen (secondary N) is 1. The lowest BCUT2D eigenvalue weighted by Crippen LogP contribution is -2.30. The van der Waals surface area contributed by atoms with Gasteiger partial charge in [-0.15, -0.1) is 5.10 Å². The van der Waals surface area contributed by atoms with Crippen LogP contribution in [0.4, 0.5) is 5.95 Å². The molecule has 0 spiro atoms. The second kappa shape index (κ2) is 4.33. The monoisotopic (exact) mass is 278 g/mol. The number of H-pyrrole nitrogens is 1. The number of aromatic nitrogens is 3. The summed E-state index contributed by atoms with van der Waals surface area (Å²) in [5.41, 5.74) is 0. The molecule has 0 aromatic carbocycles. The summed E-state index contributed by atoms with van der Waals surface area (Å²) in [6.07, 6.45) is 8.35. The second-order valence-electron chi connectivity index (χ2n) is 6.75. The van der Waals surface area contributed by atoms with Crippen molar-refractivity contribution in [2.45, 2.75) is 44.6 Å². The molecule has 19 heavy (non-hydrogen) atoms. The molecule has 3 atom stereocenters. The van der Waals surface area contributed by atoms with Gasteiger partial charge in [0.2, 0.25) is 5.95 Å². The molecule has 3 aliphatic carbocycles. The highest BCUT2D eigenvalue weighted by atomic mass is 32.1. The molecule has 0 radical (unpaired) electrons. The highest BCUT2D eigenvalue weighted by Gasteiger charge is 2.40. The van der Waals surface area contributed by atoms with Gasteiger partial charge in [-0.05, 0) is 62.1 Å². The SMILES string of the molecule is CN(CC1CC2CCC1C2)c1n[nH]c(=S)n1C1CC1. The predicted octanol–water partition coefficient (Wildman–Crippen LogP) is 3.15. The smallest absolute Gasteiger partial charge is 0.225 e. The van der Waals surface area contributed by atoms with Crippen LogP contribution >= 0.6 is 12.2 Å². The van der Waals surface area contributed by atoms with E-state index in [9.17, 15) is 0 Å². The third-order valence-corrected chi connectivity index (χ3v) is 5.62. The molecule has 3 saturated carbocycles. The number of fused-ring (bicyclic) bond motifs is 2. The minimum absolute atomic E-state index is 0.601. The van der Waals surface area contributed by atoms with Crippen LogP contribution in [0, 0.1) is 22.5 Å². The molecule has 5 heteroatoms. The zero-order valence-corrected chi connectivity index (χ0v) is 12.3. The first-order chi connectivity index (χ1) is 9.22. The number of nitrogens with zero attached hydrogens (tertiary/aromatic N) is 3. The van der Waals surface area contributed by atoms with Crippen LogP contribution in [0.2, 0.25) is 0 Å². The summed E-state index contributed by atoms with van der Waals surface area (Å²) in [5, 5.41) is 7.43. The van der Waals surface area contributed by atoms with Gasteiger partial charge in [0.05, 0.1) is 0 Å². The fraction of sp³-hybridized carbons (Fsp3) is 0.857. The molecule has 0 saturated heterocycles. The average Bonchev–Trinajstić information content (AvgIpc) is 2.84. The molecule has 2 bridgehead atoms. The quantitative estimate of drug-likeness (QED) is 0.860. The van der Waals surface area contributed by atoms with E-state index in [1.807, 2.05) is 0 Å². The molecule has 3 aliphatic rings. The lowest BCUT2D eigenvalue weighted by Gasteiger charge is -2.27. The summed E-state index contributed by atoms with van der Waals surface area (Å²) < 4.78 is 3.01. The van der Waals surface area contributed by atoms with Gasteiger partial charge in [-0.1, -0.05) is 6.42 Å². The average molecular weight is 278 g/mol. The Morgan fingerprint density at radius 1 is 1.32 bits per heavy atom. The van der Waals surface area contributed by atoms with E-state index in [1.165, 1.54) is 38.5 Å². The van der Waals surface area contributed by atoms with Gasteiger partial charge in [0.25, 0.3) is 0 Å². The summed E-state index contributed by atoms with van der Waals surface area (Å²) in [6.45, 7) is 1.15. The van der Waals surface area contributed by atoms with E-state index < -0.39 is 0 Å². The molecule has 4 rings (SSSR count). The first-order valence-electron chi connectivity index (χ1n) is 7.60. The third-order valence-electron chi connectivity index (χ3n) is 5.33. The van der Waals surface area contributed by atoms with Crippen LogP contribution in [0.3, 0.4) is 0 Å². The van der Waals surface area contributed by atoms with Crippen molar-refractivity contribution in [3.05, 3.63) is 4.77 Å².